The fraction of sp³-hybridized carbons (Fsp3) is 0.611. The Hall–Kier alpha value is -1.59. The second kappa shape index (κ2) is 6.49. The first-order valence-corrected chi connectivity index (χ1v) is 8.73. The molecule has 1 aliphatic carbocycles. The Bertz CT molecular complexity index is 556. The van der Waals surface area contributed by atoms with Crippen molar-refractivity contribution in [2.24, 2.45) is 0 Å². The standard InChI is InChI=1S/C18H25N3O2/c22-18(21-8-7-20-9-10-23-13-17(20)12-21)19-11-14-1-3-15(4-2-14)16-5-6-16/h1-4,16-17H,5-13H2,(H,19,22). The summed E-state index contributed by atoms with van der Waals surface area (Å²) in [5.74, 6) is 0.785. The first-order valence-electron chi connectivity index (χ1n) is 8.73. The van der Waals surface area contributed by atoms with E-state index in [-0.39, 0.29) is 6.03 Å². The summed E-state index contributed by atoms with van der Waals surface area (Å²) in [4.78, 5) is 16.7. The van der Waals surface area contributed by atoms with Crippen LogP contribution in [0.15, 0.2) is 24.3 Å². The average molecular weight is 315 g/mol. The molecule has 23 heavy (non-hydrogen) atoms. The van der Waals surface area contributed by atoms with Crippen LogP contribution in [-0.4, -0.2) is 61.3 Å². The van der Waals surface area contributed by atoms with E-state index < -0.39 is 0 Å². The lowest BCUT2D eigenvalue weighted by Crippen LogP contribution is -2.60. The number of nitrogens with zero attached hydrogens (tertiary/aromatic N) is 2. The number of ether oxygens (including phenoxy) is 1. The number of amides is 2. The van der Waals surface area contributed by atoms with Crippen LogP contribution in [0.5, 0.6) is 0 Å². The number of hydrogen-bond donors (Lipinski definition) is 1. The van der Waals surface area contributed by atoms with E-state index in [0.717, 1.165) is 45.3 Å². The van der Waals surface area contributed by atoms with Crippen LogP contribution in [0.25, 0.3) is 0 Å². The van der Waals surface area contributed by atoms with Gasteiger partial charge in [-0.15, -0.1) is 0 Å². The largest absolute Gasteiger partial charge is 0.378 e. The maximum Gasteiger partial charge on any atom is 0.317 e. The lowest BCUT2D eigenvalue weighted by Gasteiger charge is -2.43. The van der Waals surface area contributed by atoms with Gasteiger partial charge in [-0.1, -0.05) is 24.3 Å². The van der Waals surface area contributed by atoms with Crippen molar-refractivity contribution in [2.75, 3.05) is 39.4 Å². The molecular formula is C18H25N3O2. The molecule has 124 valence electrons. The van der Waals surface area contributed by atoms with Gasteiger partial charge in [0.25, 0.3) is 0 Å². The normalized spacial score (nSPS) is 25.0. The van der Waals surface area contributed by atoms with Crippen molar-refractivity contribution in [3.8, 4) is 0 Å². The van der Waals surface area contributed by atoms with E-state index in [2.05, 4.69) is 34.5 Å². The van der Waals surface area contributed by atoms with Crippen molar-refractivity contribution in [3.63, 3.8) is 0 Å². The van der Waals surface area contributed by atoms with Crippen molar-refractivity contribution >= 4 is 6.03 Å². The molecule has 0 bridgehead atoms. The number of urea groups is 1. The van der Waals surface area contributed by atoms with Crippen LogP contribution in [0.3, 0.4) is 0 Å². The molecular weight excluding hydrogens is 290 g/mol. The summed E-state index contributed by atoms with van der Waals surface area (Å²) in [7, 11) is 0. The van der Waals surface area contributed by atoms with E-state index in [4.69, 9.17) is 4.74 Å². The molecule has 2 amide bonds. The molecule has 0 spiro atoms. The summed E-state index contributed by atoms with van der Waals surface area (Å²) >= 11 is 0. The van der Waals surface area contributed by atoms with Gasteiger partial charge in [0.2, 0.25) is 0 Å². The smallest absolute Gasteiger partial charge is 0.317 e. The van der Waals surface area contributed by atoms with Crippen LogP contribution in [0.4, 0.5) is 4.79 Å². The van der Waals surface area contributed by atoms with Crippen LogP contribution in [0.2, 0.25) is 0 Å². The number of fused-ring (bicyclic) bond motifs is 1. The predicted octanol–water partition coefficient (Wildman–Crippen LogP) is 1.79. The molecule has 1 aromatic carbocycles. The predicted molar refractivity (Wildman–Crippen MR) is 88.4 cm³/mol. The molecule has 3 aliphatic rings. The van der Waals surface area contributed by atoms with Crippen LogP contribution < -0.4 is 5.32 Å². The highest BCUT2D eigenvalue weighted by molar-refractivity contribution is 5.74. The molecule has 2 saturated heterocycles. The Morgan fingerprint density at radius 3 is 2.78 bits per heavy atom. The molecule has 0 aromatic heterocycles. The topological polar surface area (TPSA) is 44.8 Å². The SMILES string of the molecule is O=C(NCc1ccc(C2CC2)cc1)N1CCN2CCOCC2C1. The zero-order valence-corrected chi connectivity index (χ0v) is 13.5. The fourth-order valence-electron chi connectivity index (χ4n) is 3.54. The number of nitrogens with one attached hydrogen (secondary N) is 1. The van der Waals surface area contributed by atoms with E-state index in [1.807, 2.05) is 4.90 Å². The lowest BCUT2D eigenvalue weighted by atomic mass is 10.1. The van der Waals surface area contributed by atoms with Gasteiger partial charge in [0, 0.05) is 32.7 Å². The zero-order valence-electron chi connectivity index (χ0n) is 13.5. The second-order valence-electron chi connectivity index (χ2n) is 6.89. The van der Waals surface area contributed by atoms with Crippen molar-refractivity contribution < 1.29 is 9.53 Å². The molecule has 3 fully saturated rings. The fourth-order valence-corrected chi connectivity index (χ4v) is 3.54. The first kappa shape index (κ1) is 15.0. The van der Waals surface area contributed by atoms with Gasteiger partial charge >= 0.3 is 6.03 Å². The minimum absolute atomic E-state index is 0.0430. The quantitative estimate of drug-likeness (QED) is 0.925. The van der Waals surface area contributed by atoms with Gasteiger partial charge in [-0.2, -0.15) is 0 Å². The van der Waals surface area contributed by atoms with Crippen molar-refractivity contribution in [1.82, 2.24) is 15.1 Å². The van der Waals surface area contributed by atoms with Crippen LogP contribution >= 0.6 is 0 Å². The molecule has 2 aliphatic heterocycles. The third-order valence-electron chi connectivity index (χ3n) is 5.20. The number of carbonyl (C=O) groups excluding carboxylic acids is 1. The number of piperazine rings is 1. The first-order chi connectivity index (χ1) is 11.3. The van der Waals surface area contributed by atoms with Gasteiger partial charge in [-0.05, 0) is 29.9 Å². The Morgan fingerprint density at radius 1 is 1.17 bits per heavy atom. The van der Waals surface area contributed by atoms with Crippen molar-refractivity contribution in [3.05, 3.63) is 35.4 Å². The highest BCUT2D eigenvalue weighted by Crippen LogP contribution is 2.39. The van der Waals surface area contributed by atoms with E-state index in [9.17, 15) is 4.79 Å². The molecule has 1 N–H and O–H groups in total. The highest BCUT2D eigenvalue weighted by Gasteiger charge is 2.31. The van der Waals surface area contributed by atoms with Crippen LogP contribution in [0, 0.1) is 0 Å². The van der Waals surface area contributed by atoms with Crippen molar-refractivity contribution in [1.29, 1.82) is 0 Å². The summed E-state index contributed by atoms with van der Waals surface area (Å²) in [6.45, 7) is 5.69. The number of hydrogen-bond acceptors (Lipinski definition) is 3. The van der Waals surface area contributed by atoms with Gasteiger partial charge in [0.15, 0.2) is 0 Å². The number of benzene rings is 1. The third kappa shape index (κ3) is 3.51. The Balaban J connectivity index is 1.27. The molecule has 1 atom stereocenters. The van der Waals surface area contributed by atoms with E-state index in [0.29, 0.717) is 12.6 Å². The summed E-state index contributed by atoms with van der Waals surface area (Å²) < 4.78 is 5.53. The minimum atomic E-state index is 0.0430. The molecule has 5 nitrogen and oxygen atoms in total. The maximum atomic E-state index is 12.4. The van der Waals surface area contributed by atoms with Crippen molar-refractivity contribution in [2.45, 2.75) is 31.3 Å². The molecule has 1 unspecified atom stereocenters. The van der Waals surface area contributed by atoms with Crippen LogP contribution in [-0.2, 0) is 11.3 Å². The molecule has 1 saturated carbocycles. The number of rotatable bonds is 3. The minimum Gasteiger partial charge on any atom is -0.378 e. The van der Waals surface area contributed by atoms with E-state index in [1.54, 1.807) is 0 Å². The summed E-state index contributed by atoms with van der Waals surface area (Å²) in [6, 6.07) is 9.10. The van der Waals surface area contributed by atoms with E-state index in [1.165, 1.54) is 24.0 Å². The Morgan fingerprint density at radius 2 is 2.00 bits per heavy atom. The zero-order chi connectivity index (χ0) is 15.6. The molecule has 5 heteroatoms. The summed E-state index contributed by atoms with van der Waals surface area (Å²) in [5, 5.41) is 3.06. The third-order valence-corrected chi connectivity index (χ3v) is 5.20. The molecule has 0 radical (unpaired) electrons. The monoisotopic (exact) mass is 315 g/mol. The molecule has 1 aromatic rings. The molecule has 4 rings (SSSR count). The van der Waals surface area contributed by atoms with Gasteiger partial charge in [0.1, 0.15) is 0 Å². The highest BCUT2D eigenvalue weighted by atomic mass is 16.5. The van der Waals surface area contributed by atoms with Crippen LogP contribution in [0.1, 0.15) is 29.9 Å². The Labute approximate surface area is 137 Å². The molecule has 2 heterocycles. The number of carbonyl (C=O) groups is 1. The second-order valence-corrected chi connectivity index (χ2v) is 6.89. The van der Waals surface area contributed by atoms with E-state index >= 15 is 0 Å². The van der Waals surface area contributed by atoms with Gasteiger partial charge in [-0.3, -0.25) is 4.90 Å². The van der Waals surface area contributed by atoms with Gasteiger partial charge in [0.05, 0.1) is 19.3 Å². The summed E-state index contributed by atoms with van der Waals surface area (Å²) in [6.07, 6.45) is 2.65. The Kier molecular flexibility index (Phi) is 4.23. The van der Waals surface area contributed by atoms with Gasteiger partial charge in [-0.25, -0.2) is 4.79 Å². The van der Waals surface area contributed by atoms with Gasteiger partial charge < -0.3 is 15.0 Å². The number of morpholine rings is 1. The average Bonchev–Trinajstić information content (AvgIpc) is 3.45. The maximum absolute atomic E-state index is 12.4. The lowest BCUT2D eigenvalue weighted by molar-refractivity contribution is -0.0365. The summed E-state index contributed by atoms with van der Waals surface area (Å²) in [5.41, 5.74) is 2.61.